The fourth-order valence-corrected chi connectivity index (χ4v) is 2.48. The molecule has 120 valence electrons. The van der Waals surface area contributed by atoms with Gasteiger partial charge in [-0.25, -0.2) is 0 Å². The number of rotatable bonds is 6. The Morgan fingerprint density at radius 2 is 2.30 bits per heavy atom. The Balaban J connectivity index is 1.54. The first-order valence-corrected chi connectivity index (χ1v) is 7.83. The molecule has 1 aliphatic rings. The predicted molar refractivity (Wildman–Crippen MR) is 86.3 cm³/mol. The van der Waals surface area contributed by atoms with Crippen LogP contribution in [-0.4, -0.2) is 30.2 Å². The van der Waals surface area contributed by atoms with E-state index in [4.69, 9.17) is 9.47 Å². The summed E-state index contributed by atoms with van der Waals surface area (Å²) in [4.78, 5) is 16.2. The molecule has 23 heavy (non-hydrogen) atoms. The highest BCUT2D eigenvalue weighted by atomic mass is 16.5. The van der Waals surface area contributed by atoms with Crippen molar-refractivity contribution in [3.8, 4) is 5.75 Å². The van der Waals surface area contributed by atoms with Crippen LogP contribution in [0.5, 0.6) is 5.75 Å². The maximum Gasteiger partial charge on any atom is 0.251 e. The zero-order valence-electron chi connectivity index (χ0n) is 12.9. The van der Waals surface area contributed by atoms with Gasteiger partial charge in [0, 0.05) is 31.1 Å². The minimum atomic E-state index is -0.128. The molecule has 1 fully saturated rings. The predicted octanol–water partition coefficient (Wildman–Crippen LogP) is 2.57. The van der Waals surface area contributed by atoms with E-state index in [1.807, 2.05) is 24.3 Å². The summed E-state index contributed by atoms with van der Waals surface area (Å²) >= 11 is 0. The van der Waals surface area contributed by atoms with Gasteiger partial charge >= 0.3 is 0 Å². The minimum Gasteiger partial charge on any atom is -0.491 e. The summed E-state index contributed by atoms with van der Waals surface area (Å²) in [6, 6.07) is 11.0. The quantitative estimate of drug-likeness (QED) is 0.890. The van der Waals surface area contributed by atoms with Crippen molar-refractivity contribution in [1.29, 1.82) is 0 Å². The zero-order chi connectivity index (χ0) is 15.9. The lowest BCUT2D eigenvalue weighted by molar-refractivity contribution is 0.0679. The van der Waals surface area contributed by atoms with Gasteiger partial charge in [-0.05, 0) is 42.7 Å². The Morgan fingerprint density at radius 3 is 3.09 bits per heavy atom. The molecule has 1 amide bonds. The molecule has 0 aliphatic carbocycles. The summed E-state index contributed by atoms with van der Waals surface area (Å²) in [7, 11) is 0. The van der Waals surface area contributed by atoms with Crippen molar-refractivity contribution in [3.05, 3.63) is 59.9 Å². The third kappa shape index (κ3) is 4.53. The fraction of sp³-hybridized carbons (Fsp3) is 0.333. The van der Waals surface area contributed by atoms with E-state index in [-0.39, 0.29) is 12.0 Å². The molecule has 0 unspecified atom stereocenters. The summed E-state index contributed by atoms with van der Waals surface area (Å²) in [5.41, 5.74) is 1.55. The molecular weight excluding hydrogens is 292 g/mol. The highest BCUT2D eigenvalue weighted by Crippen LogP contribution is 2.17. The van der Waals surface area contributed by atoms with Gasteiger partial charge < -0.3 is 14.8 Å². The zero-order valence-corrected chi connectivity index (χ0v) is 12.9. The van der Waals surface area contributed by atoms with Gasteiger partial charge in [0.1, 0.15) is 12.4 Å². The Morgan fingerprint density at radius 1 is 1.35 bits per heavy atom. The molecule has 1 saturated heterocycles. The summed E-state index contributed by atoms with van der Waals surface area (Å²) in [6.07, 6.45) is 5.73. The standard InChI is InChI=1S/C18H20N2O3/c21-18(20-12-14-4-2-8-19-11-14)15-5-1-6-16(10-15)23-13-17-7-3-9-22-17/h1-2,4-6,8,10-11,17H,3,7,9,12-13H2,(H,20,21)/t17-/m0/s1. The van der Waals surface area contributed by atoms with E-state index in [1.165, 1.54) is 0 Å². The molecule has 0 saturated carbocycles. The number of hydrogen-bond acceptors (Lipinski definition) is 4. The minimum absolute atomic E-state index is 0.128. The molecule has 1 atom stereocenters. The number of hydrogen-bond donors (Lipinski definition) is 1. The van der Waals surface area contributed by atoms with Crippen LogP contribution in [0.2, 0.25) is 0 Å². The van der Waals surface area contributed by atoms with Crippen molar-refractivity contribution in [2.45, 2.75) is 25.5 Å². The van der Waals surface area contributed by atoms with E-state index in [0.717, 1.165) is 25.0 Å². The third-order valence-electron chi connectivity index (χ3n) is 3.73. The molecule has 0 radical (unpaired) electrons. The molecule has 5 nitrogen and oxygen atoms in total. The van der Waals surface area contributed by atoms with Gasteiger partial charge in [0.15, 0.2) is 0 Å². The summed E-state index contributed by atoms with van der Waals surface area (Å²) < 4.78 is 11.3. The van der Waals surface area contributed by atoms with Crippen molar-refractivity contribution in [1.82, 2.24) is 10.3 Å². The lowest BCUT2D eigenvalue weighted by Gasteiger charge is -2.12. The number of nitrogens with zero attached hydrogens (tertiary/aromatic N) is 1. The van der Waals surface area contributed by atoms with Gasteiger partial charge in [0.25, 0.3) is 5.91 Å². The Labute approximate surface area is 135 Å². The molecular formula is C18H20N2O3. The molecule has 0 bridgehead atoms. The van der Waals surface area contributed by atoms with Crippen LogP contribution in [0.1, 0.15) is 28.8 Å². The number of nitrogens with one attached hydrogen (secondary N) is 1. The second kappa shape index (κ2) is 7.74. The van der Waals surface area contributed by atoms with Crippen LogP contribution in [0.15, 0.2) is 48.8 Å². The average molecular weight is 312 g/mol. The smallest absolute Gasteiger partial charge is 0.251 e. The van der Waals surface area contributed by atoms with E-state index in [2.05, 4.69) is 10.3 Å². The summed E-state index contributed by atoms with van der Waals surface area (Å²) in [6.45, 7) is 1.79. The summed E-state index contributed by atoms with van der Waals surface area (Å²) in [5, 5.41) is 2.88. The van der Waals surface area contributed by atoms with Gasteiger partial charge in [-0.2, -0.15) is 0 Å². The van der Waals surface area contributed by atoms with E-state index in [1.54, 1.807) is 24.5 Å². The van der Waals surface area contributed by atoms with Gasteiger partial charge in [-0.1, -0.05) is 12.1 Å². The average Bonchev–Trinajstić information content (AvgIpc) is 3.12. The van der Waals surface area contributed by atoms with Crippen LogP contribution < -0.4 is 10.1 Å². The molecule has 0 spiro atoms. The topological polar surface area (TPSA) is 60.5 Å². The molecule has 2 aromatic rings. The van der Waals surface area contributed by atoms with Crippen molar-refractivity contribution in [2.75, 3.05) is 13.2 Å². The molecule has 1 aromatic carbocycles. The first-order valence-electron chi connectivity index (χ1n) is 7.83. The van der Waals surface area contributed by atoms with E-state index in [9.17, 15) is 4.79 Å². The van der Waals surface area contributed by atoms with Crippen LogP contribution in [0.3, 0.4) is 0 Å². The van der Waals surface area contributed by atoms with Crippen LogP contribution >= 0.6 is 0 Å². The van der Waals surface area contributed by atoms with E-state index >= 15 is 0 Å². The molecule has 2 heterocycles. The number of amides is 1. The number of benzene rings is 1. The number of carbonyl (C=O) groups is 1. The second-order valence-electron chi connectivity index (χ2n) is 5.52. The first-order chi connectivity index (χ1) is 11.3. The Bertz CT molecular complexity index is 640. The van der Waals surface area contributed by atoms with Crippen molar-refractivity contribution in [2.24, 2.45) is 0 Å². The normalized spacial score (nSPS) is 17.0. The molecule has 1 aliphatic heterocycles. The van der Waals surface area contributed by atoms with Gasteiger partial charge in [0.05, 0.1) is 6.10 Å². The Hall–Kier alpha value is -2.40. The van der Waals surface area contributed by atoms with Crippen LogP contribution in [0.25, 0.3) is 0 Å². The van der Waals surface area contributed by atoms with Crippen LogP contribution in [0.4, 0.5) is 0 Å². The third-order valence-corrected chi connectivity index (χ3v) is 3.73. The molecule has 1 aromatic heterocycles. The molecule has 5 heteroatoms. The van der Waals surface area contributed by atoms with Crippen LogP contribution in [0, 0.1) is 0 Å². The number of pyridine rings is 1. The maximum absolute atomic E-state index is 12.2. The highest BCUT2D eigenvalue weighted by Gasteiger charge is 2.16. The molecule has 1 N–H and O–H groups in total. The molecule has 3 rings (SSSR count). The maximum atomic E-state index is 12.2. The van der Waals surface area contributed by atoms with Crippen molar-refractivity contribution >= 4 is 5.91 Å². The number of carbonyl (C=O) groups excluding carboxylic acids is 1. The van der Waals surface area contributed by atoms with Crippen molar-refractivity contribution in [3.63, 3.8) is 0 Å². The van der Waals surface area contributed by atoms with Gasteiger partial charge in [-0.15, -0.1) is 0 Å². The van der Waals surface area contributed by atoms with E-state index < -0.39 is 0 Å². The summed E-state index contributed by atoms with van der Waals surface area (Å²) in [5.74, 6) is 0.561. The SMILES string of the molecule is O=C(NCc1cccnc1)c1cccc(OC[C@@H]2CCCO2)c1. The number of ether oxygens (including phenoxy) is 2. The Kier molecular flexibility index (Phi) is 5.21. The second-order valence-corrected chi connectivity index (χ2v) is 5.52. The lowest BCUT2D eigenvalue weighted by atomic mass is 10.2. The monoisotopic (exact) mass is 312 g/mol. The van der Waals surface area contributed by atoms with Crippen LogP contribution in [-0.2, 0) is 11.3 Å². The number of aromatic nitrogens is 1. The highest BCUT2D eigenvalue weighted by molar-refractivity contribution is 5.94. The first kappa shape index (κ1) is 15.5. The largest absolute Gasteiger partial charge is 0.491 e. The van der Waals surface area contributed by atoms with Gasteiger partial charge in [0.2, 0.25) is 0 Å². The fourth-order valence-electron chi connectivity index (χ4n) is 2.48. The van der Waals surface area contributed by atoms with Gasteiger partial charge in [-0.3, -0.25) is 9.78 Å². The lowest BCUT2D eigenvalue weighted by Crippen LogP contribution is -2.23. The van der Waals surface area contributed by atoms with E-state index in [0.29, 0.717) is 24.5 Å². The van der Waals surface area contributed by atoms with Crippen molar-refractivity contribution < 1.29 is 14.3 Å².